The standard InChI is InChI=1S/C12H18IN/c1-4-14(10(2)3)9-11-5-7-12(13)8-6-11/h5-8,10H,4,9H2,1-3H3. The van der Waals surface area contributed by atoms with Gasteiger partial charge in [-0.3, -0.25) is 4.90 Å². The van der Waals surface area contributed by atoms with Gasteiger partial charge in [0.1, 0.15) is 0 Å². The highest BCUT2D eigenvalue weighted by molar-refractivity contribution is 14.1. The van der Waals surface area contributed by atoms with Crippen LogP contribution < -0.4 is 0 Å². The molecule has 0 saturated carbocycles. The lowest BCUT2D eigenvalue weighted by atomic mass is 10.2. The van der Waals surface area contributed by atoms with Crippen LogP contribution in [0.1, 0.15) is 26.3 Å². The van der Waals surface area contributed by atoms with Gasteiger partial charge in [-0.15, -0.1) is 0 Å². The fraction of sp³-hybridized carbons (Fsp3) is 0.500. The van der Waals surface area contributed by atoms with Gasteiger partial charge in [0.15, 0.2) is 0 Å². The second kappa shape index (κ2) is 5.71. The summed E-state index contributed by atoms with van der Waals surface area (Å²) in [6, 6.07) is 9.40. The zero-order valence-electron chi connectivity index (χ0n) is 9.13. The van der Waals surface area contributed by atoms with Gasteiger partial charge in [-0.1, -0.05) is 19.1 Å². The van der Waals surface area contributed by atoms with E-state index in [1.807, 2.05) is 0 Å². The highest BCUT2D eigenvalue weighted by Crippen LogP contribution is 2.10. The molecular weight excluding hydrogens is 285 g/mol. The van der Waals surface area contributed by atoms with E-state index < -0.39 is 0 Å². The van der Waals surface area contributed by atoms with Crippen molar-refractivity contribution in [3.05, 3.63) is 33.4 Å². The molecule has 0 spiro atoms. The summed E-state index contributed by atoms with van der Waals surface area (Å²) in [5.41, 5.74) is 1.40. The smallest absolute Gasteiger partial charge is 0.0236 e. The second-order valence-corrected chi connectivity index (χ2v) is 5.03. The maximum atomic E-state index is 2.46. The average molecular weight is 303 g/mol. The average Bonchev–Trinajstić information content (AvgIpc) is 2.16. The van der Waals surface area contributed by atoms with Crippen LogP contribution in [0.25, 0.3) is 0 Å². The van der Waals surface area contributed by atoms with Crippen LogP contribution in [0.15, 0.2) is 24.3 Å². The van der Waals surface area contributed by atoms with E-state index in [2.05, 4.69) is 72.5 Å². The van der Waals surface area contributed by atoms with Gasteiger partial charge < -0.3 is 0 Å². The molecule has 0 radical (unpaired) electrons. The zero-order chi connectivity index (χ0) is 10.6. The van der Waals surface area contributed by atoms with Crippen LogP contribution in [0.2, 0.25) is 0 Å². The van der Waals surface area contributed by atoms with Crippen LogP contribution in [-0.4, -0.2) is 17.5 Å². The SMILES string of the molecule is CCN(Cc1ccc(I)cc1)C(C)C. The van der Waals surface area contributed by atoms with Gasteiger partial charge in [0, 0.05) is 16.2 Å². The van der Waals surface area contributed by atoms with E-state index in [-0.39, 0.29) is 0 Å². The predicted molar refractivity (Wildman–Crippen MR) is 70.4 cm³/mol. The Bertz CT molecular complexity index is 266. The molecule has 0 aliphatic carbocycles. The Morgan fingerprint density at radius 1 is 1.21 bits per heavy atom. The van der Waals surface area contributed by atoms with E-state index in [9.17, 15) is 0 Å². The lowest BCUT2D eigenvalue weighted by Gasteiger charge is -2.24. The lowest BCUT2D eigenvalue weighted by Crippen LogP contribution is -2.29. The first-order valence-corrected chi connectivity index (χ1v) is 6.20. The maximum absolute atomic E-state index is 2.46. The van der Waals surface area contributed by atoms with E-state index >= 15 is 0 Å². The summed E-state index contributed by atoms with van der Waals surface area (Å²) in [5.74, 6) is 0. The molecule has 0 bridgehead atoms. The normalized spacial score (nSPS) is 11.3. The molecule has 0 amide bonds. The Morgan fingerprint density at radius 2 is 1.79 bits per heavy atom. The Labute approximate surface area is 101 Å². The molecule has 1 nitrogen and oxygen atoms in total. The number of hydrogen-bond acceptors (Lipinski definition) is 1. The molecule has 1 aromatic rings. The Kier molecular flexibility index (Phi) is 4.89. The first-order valence-electron chi connectivity index (χ1n) is 5.12. The van der Waals surface area contributed by atoms with Gasteiger partial charge in [-0.25, -0.2) is 0 Å². The molecule has 0 atom stereocenters. The summed E-state index contributed by atoms with van der Waals surface area (Å²) in [6.45, 7) is 8.88. The van der Waals surface area contributed by atoms with Gasteiger partial charge in [0.2, 0.25) is 0 Å². The Balaban J connectivity index is 2.63. The Hall–Kier alpha value is -0.0900. The van der Waals surface area contributed by atoms with E-state index in [0.717, 1.165) is 13.1 Å². The molecule has 0 fully saturated rings. The summed E-state index contributed by atoms with van der Waals surface area (Å²) >= 11 is 2.34. The predicted octanol–water partition coefficient (Wildman–Crippen LogP) is 3.52. The molecule has 0 unspecified atom stereocenters. The van der Waals surface area contributed by atoms with Gasteiger partial charge in [-0.05, 0) is 60.7 Å². The van der Waals surface area contributed by atoms with E-state index in [0.29, 0.717) is 6.04 Å². The quantitative estimate of drug-likeness (QED) is 0.769. The fourth-order valence-corrected chi connectivity index (χ4v) is 1.84. The van der Waals surface area contributed by atoms with Crippen molar-refractivity contribution in [2.75, 3.05) is 6.54 Å². The van der Waals surface area contributed by atoms with Gasteiger partial charge >= 0.3 is 0 Å². The van der Waals surface area contributed by atoms with Crippen LogP contribution in [-0.2, 0) is 6.54 Å². The van der Waals surface area contributed by atoms with Crippen molar-refractivity contribution in [3.63, 3.8) is 0 Å². The lowest BCUT2D eigenvalue weighted by molar-refractivity contribution is 0.225. The monoisotopic (exact) mass is 303 g/mol. The largest absolute Gasteiger partial charge is 0.297 e. The van der Waals surface area contributed by atoms with Crippen molar-refractivity contribution in [1.29, 1.82) is 0 Å². The summed E-state index contributed by atoms with van der Waals surface area (Å²) in [6.07, 6.45) is 0. The summed E-state index contributed by atoms with van der Waals surface area (Å²) < 4.78 is 1.30. The van der Waals surface area contributed by atoms with Crippen LogP contribution in [0.5, 0.6) is 0 Å². The third-order valence-electron chi connectivity index (χ3n) is 2.44. The van der Waals surface area contributed by atoms with Crippen LogP contribution >= 0.6 is 22.6 Å². The highest BCUT2D eigenvalue weighted by atomic mass is 127. The number of halogens is 1. The molecule has 0 aliphatic heterocycles. The fourth-order valence-electron chi connectivity index (χ4n) is 1.48. The molecular formula is C12H18IN. The number of benzene rings is 1. The molecule has 78 valence electrons. The van der Waals surface area contributed by atoms with E-state index in [1.54, 1.807) is 0 Å². The van der Waals surface area contributed by atoms with Crippen molar-refractivity contribution >= 4 is 22.6 Å². The summed E-state index contributed by atoms with van der Waals surface area (Å²) in [5, 5.41) is 0. The van der Waals surface area contributed by atoms with Crippen molar-refractivity contribution in [3.8, 4) is 0 Å². The van der Waals surface area contributed by atoms with Crippen LogP contribution in [0, 0.1) is 3.57 Å². The van der Waals surface area contributed by atoms with E-state index in [4.69, 9.17) is 0 Å². The number of hydrogen-bond donors (Lipinski definition) is 0. The maximum Gasteiger partial charge on any atom is 0.0236 e. The minimum Gasteiger partial charge on any atom is -0.297 e. The summed E-state index contributed by atoms with van der Waals surface area (Å²) in [7, 11) is 0. The minimum absolute atomic E-state index is 0.624. The molecule has 0 heterocycles. The van der Waals surface area contributed by atoms with E-state index in [1.165, 1.54) is 9.13 Å². The molecule has 0 aromatic heterocycles. The molecule has 0 aliphatic rings. The first-order chi connectivity index (χ1) is 6.63. The highest BCUT2D eigenvalue weighted by Gasteiger charge is 2.06. The van der Waals surface area contributed by atoms with Gasteiger partial charge in [0.05, 0.1) is 0 Å². The minimum atomic E-state index is 0.624. The summed E-state index contributed by atoms with van der Waals surface area (Å²) in [4.78, 5) is 2.46. The molecule has 1 aromatic carbocycles. The first kappa shape index (κ1) is 12.0. The van der Waals surface area contributed by atoms with Crippen LogP contribution in [0.4, 0.5) is 0 Å². The molecule has 2 heteroatoms. The van der Waals surface area contributed by atoms with Crippen molar-refractivity contribution < 1.29 is 0 Å². The molecule has 14 heavy (non-hydrogen) atoms. The van der Waals surface area contributed by atoms with Crippen molar-refractivity contribution in [1.82, 2.24) is 4.90 Å². The zero-order valence-corrected chi connectivity index (χ0v) is 11.3. The molecule has 0 N–H and O–H groups in total. The van der Waals surface area contributed by atoms with Gasteiger partial charge in [0.25, 0.3) is 0 Å². The second-order valence-electron chi connectivity index (χ2n) is 3.78. The third kappa shape index (κ3) is 3.58. The van der Waals surface area contributed by atoms with Gasteiger partial charge in [-0.2, -0.15) is 0 Å². The number of rotatable bonds is 4. The number of nitrogens with zero attached hydrogens (tertiary/aromatic N) is 1. The van der Waals surface area contributed by atoms with Crippen molar-refractivity contribution in [2.24, 2.45) is 0 Å². The van der Waals surface area contributed by atoms with Crippen molar-refractivity contribution in [2.45, 2.75) is 33.4 Å². The third-order valence-corrected chi connectivity index (χ3v) is 3.15. The van der Waals surface area contributed by atoms with Crippen LogP contribution in [0.3, 0.4) is 0 Å². The topological polar surface area (TPSA) is 3.24 Å². The molecule has 1 rings (SSSR count). The molecule has 0 saturated heterocycles. The Morgan fingerprint density at radius 3 is 2.21 bits per heavy atom.